The Balaban J connectivity index is 2.94. The molecule has 0 heterocycles. The molecular formula is C15H25FN2. The minimum atomic E-state index is -0.173. The van der Waals surface area contributed by atoms with Crippen molar-refractivity contribution in [3.8, 4) is 0 Å². The van der Waals surface area contributed by atoms with Gasteiger partial charge in [-0.2, -0.15) is 0 Å². The first kappa shape index (κ1) is 15.0. The van der Waals surface area contributed by atoms with Crippen molar-refractivity contribution < 1.29 is 4.39 Å². The fraction of sp³-hybridized carbons (Fsp3) is 0.600. The molecule has 1 rings (SSSR count). The third-order valence-electron chi connectivity index (χ3n) is 3.31. The van der Waals surface area contributed by atoms with Crippen molar-refractivity contribution in [2.45, 2.75) is 46.1 Å². The van der Waals surface area contributed by atoms with Gasteiger partial charge in [0.2, 0.25) is 0 Å². The van der Waals surface area contributed by atoms with Crippen LogP contribution in [0.25, 0.3) is 0 Å². The van der Waals surface area contributed by atoms with Crippen molar-refractivity contribution >= 4 is 5.69 Å². The van der Waals surface area contributed by atoms with Crippen LogP contribution in [0, 0.1) is 12.7 Å². The summed E-state index contributed by atoms with van der Waals surface area (Å²) in [5.41, 5.74) is 8.55. The number of unbranched alkanes of at least 4 members (excludes halogenated alkanes) is 2. The number of halogens is 1. The summed E-state index contributed by atoms with van der Waals surface area (Å²) in [7, 11) is 2.05. The van der Waals surface area contributed by atoms with Crippen LogP contribution >= 0.6 is 0 Å². The average Bonchev–Trinajstić information content (AvgIpc) is 2.32. The molecule has 2 nitrogen and oxygen atoms in total. The third kappa shape index (κ3) is 3.70. The molecule has 18 heavy (non-hydrogen) atoms. The zero-order chi connectivity index (χ0) is 13.7. The fourth-order valence-corrected chi connectivity index (χ4v) is 2.10. The molecule has 1 aromatic carbocycles. The van der Waals surface area contributed by atoms with Gasteiger partial charge in [-0.25, -0.2) is 4.39 Å². The van der Waals surface area contributed by atoms with Crippen molar-refractivity contribution in [1.29, 1.82) is 0 Å². The molecule has 0 aliphatic carbocycles. The van der Waals surface area contributed by atoms with E-state index in [1.165, 1.54) is 12.8 Å². The molecule has 0 aromatic heterocycles. The standard InChI is InChI=1S/C15H25FN2/c1-5-6-7-8-18(4)15-9-11(2)14(16)10-13(15)12(3)17/h9-10,12H,5-8,17H2,1-4H3/t12-/m0/s1. The van der Waals surface area contributed by atoms with Gasteiger partial charge in [-0.05, 0) is 43.5 Å². The molecule has 2 N–H and O–H groups in total. The number of nitrogens with two attached hydrogens (primary N) is 1. The van der Waals surface area contributed by atoms with E-state index in [4.69, 9.17) is 5.73 Å². The zero-order valence-corrected chi connectivity index (χ0v) is 12.0. The number of hydrogen-bond donors (Lipinski definition) is 1. The topological polar surface area (TPSA) is 29.3 Å². The summed E-state index contributed by atoms with van der Waals surface area (Å²) in [5.74, 6) is -0.173. The molecular weight excluding hydrogens is 227 g/mol. The smallest absolute Gasteiger partial charge is 0.126 e. The average molecular weight is 252 g/mol. The quantitative estimate of drug-likeness (QED) is 0.781. The minimum absolute atomic E-state index is 0.149. The summed E-state index contributed by atoms with van der Waals surface area (Å²) in [6.45, 7) is 6.87. The monoisotopic (exact) mass is 252 g/mol. The Labute approximate surface area is 110 Å². The highest BCUT2D eigenvalue weighted by Crippen LogP contribution is 2.27. The summed E-state index contributed by atoms with van der Waals surface area (Å²) in [6, 6.07) is 3.33. The lowest BCUT2D eigenvalue weighted by atomic mass is 10.0. The Hall–Kier alpha value is -1.09. The van der Waals surface area contributed by atoms with Crippen molar-refractivity contribution in [2.75, 3.05) is 18.5 Å². The molecule has 0 saturated carbocycles. The molecule has 0 aliphatic rings. The van der Waals surface area contributed by atoms with E-state index in [-0.39, 0.29) is 11.9 Å². The largest absolute Gasteiger partial charge is 0.374 e. The molecule has 102 valence electrons. The normalized spacial score (nSPS) is 12.6. The van der Waals surface area contributed by atoms with E-state index in [1.807, 2.05) is 20.0 Å². The van der Waals surface area contributed by atoms with E-state index in [0.717, 1.165) is 24.2 Å². The number of aryl methyl sites for hydroxylation is 1. The molecule has 0 saturated heterocycles. The Morgan fingerprint density at radius 2 is 2.00 bits per heavy atom. The number of hydrogen-bond acceptors (Lipinski definition) is 2. The lowest BCUT2D eigenvalue weighted by molar-refractivity contribution is 0.612. The Morgan fingerprint density at radius 1 is 1.33 bits per heavy atom. The van der Waals surface area contributed by atoms with Gasteiger partial charge in [0, 0.05) is 25.3 Å². The summed E-state index contributed by atoms with van der Waals surface area (Å²) < 4.78 is 13.6. The number of benzene rings is 1. The maximum absolute atomic E-state index is 13.6. The van der Waals surface area contributed by atoms with Crippen LogP contribution in [0.3, 0.4) is 0 Å². The van der Waals surface area contributed by atoms with Crippen LogP contribution in [0.2, 0.25) is 0 Å². The van der Waals surface area contributed by atoms with Crippen LogP contribution in [-0.2, 0) is 0 Å². The molecule has 1 aromatic rings. The first-order chi connectivity index (χ1) is 8.47. The highest BCUT2D eigenvalue weighted by molar-refractivity contribution is 5.56. The molecule has 0 bridgehead atoms. The van der Waals surface area contributed by atoms with Crippen molar-refractivity contribution in [3.05, 3.63) is 29.1 Å². The summed E-state index contributed by atoms with van der Waals surface area (Å²) in [4.78, 5) is 2.18. The highest BCUT2D eigenvalue weighted by Gasteiger charge is 2.13. The molecule has 3 heteroatoms. The molecule has 0 fully saturated rings. The summed E-state index contributed by atoms with van der Waals surface area (Å²) >= 11 is 0. The molecule has 0 unspecified atom stereocenters. The van der Waals surface area contributed by atoms with Crippen LogP contribution in [0.1, 0.15) is 50.3 Å². The van der Waals surface area contributed by atoms with E-state index < -0.39 is 0 Å². The lowest BCUT2D eigenvalue weighted by Crippen LogP contribution is -2.22. The second kappa shape index (κ2) is 6.74. The van der Waals surface area contributed by atoms with Gasteiger partial charge >= 0.3 is 0 Å². The van der Waals surface area contributed by atoms with Gasteiger partial charge in [-0.15, -0.1) is 0 Å². The van der Waals surface area contributed by atoms with Crippen LogP contribution in [0.5, 0.6) is 0 Å². The molecule has 1 atom stereocenters. The van der Waals surface area contributed by atoms with E-state index >= 15 is 0 Å². The van der Waals surface area contributed by atoms with Gasteiger partial charge in [0.25, 0.3) is 0 Å². The van der Waals surface area contributed by atoms with Crippen LogP contribution in [0.15, 0.2) is 12.1 Å². The summed E-state index contributed by atoms with van der Waals surface area (Å²) in [5, 5.41) is 0. The number of rotatable bonds is 6. The molecule has 0 amide bonds. The SMILES string of the molecule is CCCCCN(C)c1cc(C)c(F)cc1[C@H](C)N. The maximum atomic E-state index is 13.6. The van der Waals surface area contributed by atoms with E-state index in [2.05, 4.69) is 11.8 Å². The van der Waals surface area contributed by atoms with Gasteiger partial charge in [0.1, 0.15) is 5.82 Å². The second-order valence-corrected chi connectivity index (χ2v) is 5.08. The van der Waals surface area contributed by atoms with Gasteiger partial charge in [0.05, 0.1) is 0 Å². The van der Waals surface area contributed by atoms with Gasteiger partial charge in [-0.3, -0.25) is 0 Å². The Bertz CT molecular complexity index is 388. The number of nitrogens with zero attached hydrogens (tertiary/aromatic N) is 1. The van der Waals surface area contributed by atoms with Crippen LogP contribution in [0.4, 0.5) is 10.1 Å². The number of anilines is 1. The van der Waals surface area contributed by atoms with Crippen LogP contribution in [-0.4, -0.2) is 13.6 Å². The minimum Gasteiger partial charge on any atom is -0.374 e. The maximum Gasteiger partial charge on any atom is 0.126 e. The van der Waals surface area contributed by atoms with E-state index in [9.17, 15) is 4.39 Å². The molecule has 0 radical (unpaired) electrons. The lowest BCUT2D eigenvalue weighted by Gasteiger charge is -2.25. The van der Waals surface area contributed by atoms with Crippen molar-refractivity contribution in [3.63, 3.8) is 0 Å². The molecule has 0 aliphatic heterocycles. The first-order valence-corrected chi connectivity index (χ1v) is 6.74. The van der Waals surface area contributed by atoms with Gasteiger partial charge in [-0.1, -0.05) is 19.8 Å². The van der Waals surface area contributed by atoms with E-state index in [1.54, 1.807) is 13.0 Å². The second-order valence-electron chi connectivity index (χ2n) is 5.08. The predicted octanol–water partition coefficient (Wildman–Crippen LogP) is 3.78. The van der Waals surface area contributed by atoms with Crippen molar-refractivity contribution in [2.24, 2.45) is 5.73 Å². The molecule has 0 spiro atoms. The Morgan fingerprint density at radius 3 is 2.56 bits per heavy atom. The van der Waals surface area contributed by atoms with E-state index in [0.29, 0.717) is 5.56 Å². The van der Waals surface area contributed by atoms with Gasteiger partial charge < -0.3 is 10.6 Å². The fourth-order valence-electron chi connectivity index (χ4n) is 2.10. The summed E-state index contributed by atoms with van der Waals surface area (Å²) in [6.07, 6.45) is 3.58. The highest BCUT2D eigenvalue weighted by atomic mass is 19.1. The third-order valence-corrected chi connectivity index (χ3v) is 3.31. The van der Waals surface area contributed by atoms with Gasteiger partial charge in [0.15, 0.2) is 0 Å². The van der Waals surface area contributed by atoms with Crippen molar-refractivity contribution in [1.82, 2.24) is 0 Å². The Kier molecular flexibility index (Phi) is 5.60. The zero-order valence-electron chi connectivity index (χ0n) is 12.0. The first-order valence-electron chi connectivity index (χ1n) is 6.74. The van der Waals surface area contributed by atoms with Crippen LogP contribution < -0.4 is 10.6 Å². The predicted molar refractivity (Wildman–Crippen MR) is 76.5 cm³/mol.